The van der Waals surface area contributed by atoms with Gasteiger partial charge in [0.2, 0.25) is 0 Å². The number of nitro benzene ring substituents is 1. The van der Waals surface area contributed by atoms with Crippen molar-refractivity contribution in [3.63, 3.8) is 0 Å². The summed E-state index contributed by atoms with van der Waals surface area (Å²) in [7, 11) is 2.01. The number of carbonyl (C=O) groups is 1. The lowest BCUT2D eigenvalue weighted by atomic mass is 10.1. The molecule has 114 valence electrons. The number of carboxylic acids is 1. The van der Waals surface area contributed by atoms with Crippen LogP contribution in [0.15, 0.2) is 24.3 Å². The maximum absolute atomic E-state index is 11.4. The summed E-state index contributed by atoms with van der Waals surface area (Å²) in [6, 6.07) is 4.72. The predicted octanol–water partition coefficient (Wildman–Crippen LogP) is 0.473. The second-order valence-corrected chi connectivity index (χ2v) is 5.04. The molecule has 1 fully saturated rings. The van der Waals surface area contributed by atoms with Crippen LogP contribution in [0.1, 0.15) is 11.6 Å². The van der Waals surface area contributed by atoms with Gasteiger partial charge in [-0.25, -0.2) is 10.4 Å². The van der Waals surface area contributed by atoms with E-state index >= 15 is 0 Å². The zero-order valence-electron chi connectivity index (χ0n) is 11.7. The number of non-ortho nitro benzene ring substituents is 1. The van der Waals surface area contributed by atoms with Gasteiger partial charge in [0.25, 0.3) is 5.69 Å². The number of benzene rings is 1. The first kappa shape index (κ1) is 15.4. The largest absolute Gasteiger partial charge is 0.480 e. The van der Waals surface area contributed by atoms with E-state index in [-0.39, 0.29) is 5.69 Å². The van der Waals surface area contributed by atoms with Crippen LogP contribution in [0, 0.1) is 10.1 Å². The number of hydrogen-bond acceptors (Lipinski definition) is 6. The molecule has 1 heterocycles. The van der Waals surface area contributed by atoms with Crippen LogP contribution in [-0.4, -0.2) is 59.1 Å². The number of likely N-dealkylation sites (N-methyl/N-ethyl adjacent to an activating group) is 1. The summed E-state index contributed by atoms with van der Waals surface area (Å²) < 4.78 is 0. The number of aliphatic carboxylic acids is 1. The fourth-order valence-corrected chi connectivity index (χ4v) is 2.21. The second kappa shape index (κ2) is 6.61. The van der Waals surface area contributed by atoms with Crippen molar-refractivity contribution in [2.24, 2.45) is 0 Å². The Morgan fingerprint density at radius 2 is 2.05 bits per heavy atom. The molecule has 2 N–H and O–H groups in total. The third-order valence-electron chi connectivity index (χ3n) is 3.48. The van der Waals surface area contributed by atoms with Crippen molar-refractivity contribution in [1.29, 1.82) is 0 Å². The Balaban J connectivity index is 2.13. The van der Waals surface area contributed by atoms with Crippen LogP contribution in [0.2, 0.25) is 0 Å². The fourth-order valence-electron chi connectivity index (χ4n) is 2.21. The minimum atomic E-state index is -1.06. The van der Waals surface area contributed by atoms with Gasteiger partial charge in [0.15, 0.2) is 0 Å². The van der Waals surface area contributed by atoms with Crippen LogP contribution < -0.4 is 5.43 Å². The Bertz CT molecular complexity index is 529. The summed E-state index contributed by atoms with van der Waals surface area (Å²) in [5.74, 6) is -1.06. The molecule has 1 unspecified atom stereocenters. The fraction of sp³-hybridized carbons (Fsp3) is 0.462. The topological polar surface area (TPSA) is 99.0 Å². The summed E-state index contributed by atoms with van der Waals surface area (Å²) in [5.41, 5.74) is 3.20. The van der Waals surface area contributed by atoms with Crippen molar-refractivity contribution in [3.8, 4) is 0 Å². The molecule has 0 spiro atoms. The summed E-state index contributed by atoms with van der Waals surface area (Å²) in [4.78, 5) is 23.9. The minimum absolute atomic E-state index is 0.112. The number of nitrogens with one attached hydrogen (secondary N) is 1. The normalized spacial score (nSPS) is 18.3. The van der Waals surface area contributed by atoms with E-state index in [0.717, 1.165) is 13.1 Å². The van der Waals surface area contributed by atoms with Gasteiger partial charge in [-0.15, -0.1) is 0 Å². The van der Waals surface area contributed by atoms with E-state index in [1.807, 2.05) is 12.1 Å². The smallest absolute Gasteiger partial charge is 0.326 e. The molecule has 0 aromatic heterocycles. The lowest BCUT2D eigenvalue weighted by Gasteiger charge is -2.34. The molecule has 8 nitrogen and oxygen atoms in total. The third-order valence-corrected chi connectivity index (χ3v) is 3.48. The zero-order valence-corrected chi connectivity index (χ0v) is 11.7. The molecule has 21 heavy (non-hydrogen) atoms. The van der Waals surface area contributed by atoms with Gasteiger partial charge in [-0.1, -0.05) is 12.1 Å². The maximum Gasteiger partial charge on any atom is 0.326 e. The van der Waals surface area contributed by atoms with Gasteiger partial charge in [0.05, 0.1) is 4.92 Å². The number of hydrogen-bond donors (Lipinski definition) is 2. The molecular formula is C13H18N4O4. The van der Waals surface area contributed by atoms with E-state index < -0.39 is 16.9 Å². The quantitative estimate of drug-likeness (QED) is 0.601. The number of piperazine rings is 1. The van der Waals surface area contributed by atoms with Crippen molar-refractivity contribution >= 4 is 11.7 Å². The van der Waals surface area contributed by atoms with Crippen LogP contribution >= 0.6 is 0 Å². The first-order chi connectivity index (χ1) is 9.97. The summed E-state index contributed by atoms with van der Waals surface area (Å²) in [5, 5.41) is 22.0. The molecule has 0 radical (unpaired) electrons. The molecule has 0 amide bonds. The SMILES string of the molecule is CN1CCN(NC(C(=O)O)c2cccc([N+](=O)[O-])c2)CC1. The van der Waals surface area contributed by atoms with Gasteiger partial charge in [-0.05, 0) is 12.6 Å². The van der Waals surface area contributed by atoms with Crippen LogP contribution in [0.3, 0.4) is 0 Å². The molecule has 1 atom stereocenters. The molecule has 1 aromatic carbocycles. The third kappa shape index (κ3) is 3.97. The number of nitrogens with zero attached hydrogens (tertiary/aromatic N) is 3. The Kier molecular flexibility index (Phi) is 4.84. The maximum atomic E-state index is 11.4. The first-order valence-electron chi connectivity index (χ1n) is 6.64. The van der Waals surface area contributed by atoms with Gasteiger partial charge in [-0.2, -0.15) is 0 Å². The number of rotatable bonds is 5. The van der Waals surface area contributed by atoms with Crippen molar-refractivity contribution in [2.45, 2.75) is 6.04 Å². The molecule has 1 aromatic rings. The van der Waals surface area contributed by atoms with E-state index in [1.54, 1.807) is 6.07 Å². The molecule has 8 heteroatoms. The highest BCUT2D eigenvalue weighted by molar-refractivity contribution is 5.75. The molecule has 2 rings (SSSR count). The summed E-state index contributed by atoms with van der Waals surface area (Å²) >= 11 is 0. The molecule has 0 saturated carbocycles. The second-order valence-electron chi connectivity index (χ2n) is 5.04. The number of nitro groups is 1. The van der Waals surface area contributed by atoms with Crippen LogP contribution in [0.4, 0.5) is 5.69 Å². The molecular weight excluding hydrogens is 276 g/mol. The number of hydrazine groups is 1. The highest BCUT2D eigenvalue weighted by atomic mass is 16.6. The Labute approximate surface area is 122 Å². The summed E-state index contributed by atoms with van der Waals surface area (Å²) in [6.45, 7) is 3.09. The van der Waals surface area contributed by atoms with Gasteiger partial charge >= 0.3 is 5.97 Å². The van der Waals surface area contributed by atoms with E-state index in [9.17, 15) is 20.0 Å². The molecule has 1 saturated heterocycles. The Morgan fingerprint density at radius 3 is 2.62 bits per heavy atom. The average Bonchev–Trinajstić information content (AvgIpc) is 2.46. The van der Waals surface area contributed by atoms with Gasteiger partial charge < -0.3 is 10.0 Å². The molecule has 1 aliphatic heterocycles. The Morgan fingerprint density at radius 1 is 1.38 bits per heavy atom. The van der Waals surface area contributed by atoms with E-state index in [2.05, 4.69) is 10.3 Å². The van der Waals surface area contributed by atoms with Crippen molar-refractivity contribution in [3.05, 3.63) is 39.9 Å². The van der Waals surface area contributed by atoms with Crippen LogP contribution in [-0.2, 0) is 4.79 Å². The molecule has 0 aliphatic carbocycles. The minimum Gasteiger partial charge on any atom is -0.480 e. The van der Waals surface area contributed by atoms with E-state index in [1.165, 1.54) is 18.2 Å². The predicted molar refractivity (Wildman–Crippen MR) is 75.7 cm³/mol. The molecule has 0 bridgehead atoms. The van der Waals surface area contributed by atoms with E-state index in [0.29, 0.717) is 18.7 Å². The monoisotopic (exact) mass is 294 g/mol. The van der Waals surface area contributed by atoms with Crippen LogP contribution in [0.25, 0.3) is 0 Å². The highest BCUT2D eigenvalue weighted by Gasteiger charge is 2.25. The zero-order chi connectivity index (χ0) is 15.4. The van der Waals surface area contributed by atoms with Crippen molar-refractivity contribution in [2.75, 3.05) is 33.2 Å². The van der Waals surface area contributed by atoms with Gasteiger partial charge in [0.1, 0.15) is 6.04 Å². The standard InChI is InChI=1S/C13H18N4O4/c1-15-5-7-16(8-6-15)14-12(13(18)19)10-3-2-4-11(9-10)17(20)21/h2-4,9,12,14H,5-8H2,1H3,(H,18,19). The average molecular weight is 294 g/mol. The molecule has 1 aliphatic rings. The summed E-state index contributed by atoms with van der Waals surface area (Å²) in [6.07, 6.45) is 0. The van der Waals surface area contributed by atoms with Gasteiger partial charge in [0, 0.05) is 38.3 Å². The lowest BCUT2D eigenvalue weighted by Crippen LogP contribution is -2.52. The lowest BCUT2D eigenvalue weighted by molar-refractivity contribution is -0.384. The van der Waals surface area contributed by atoms with Crippen LogP contribution in [0.5, 0.6) is 0 Å². The van der Waals surface area contributed by atoms with Gasteiger partial charge in [-0.3, -0.25) is 14.9 Å². The Hall–Kier alpha value is -2.03. The first-order valence-corrected chi connectivity index (χ1v) is 6.64. The highest BCUT2D eigenvalue weighted by Crippen LogP contribution is 2.20. The number of carboxylic acid groups (broad SMARTS) is 1. The van der Waals surface area contributed by atoms with E-state index in [4.69, 9.17) is 0 Å². The van der Waals surface area contributed by atoms with Crippen molar-refractivity contribution < 1.29 is 14.8 Å². The van der Waals surface area contributed by atoms with Crippen molar-refractivity contribution in [1.82, 2.24) is 15.3 Å².